The molecule has 154 valence electrons. The Morgan fingerprint density at radius 1 is 1.31 bits per heavy atom. The van der Waals surface area contributed by atoms with Crippen LogP contribution in [0.4, 0.5) is 0 Å². The molecular formula is C24H28O5. The number of esters is 2. The van der Waals surface area contributed by atoms with Crippen molar-refractivity contribution in [3.05, 3.63) is 41.5 Å². The summed E-state index contributed by atoms with van der Waals surface area (Å²) in [4.78, 5) is 23.3. The topological polar surface area (TPSA) is 72.8 Å². The van der Waals surface area contributed by atoms with Gasteiger partial charge in [0.15, 0.2) is 0 Å². The number of hydrogen-bond donors (Lipinski definition) is 1. The summed E-state index contributed by atoms with van der Waals surface area (Å²) < 4.78 is 11.0. The second kappa shape index (κ2) is 6.43. The second-order valence-electron chi connectivity index (χ2n) is 9.47. The van der Waals surface area contributed by atoms with Gasteiger partial charge >= 0.3 is 11.9 Å². The van der Waals surface area contributed by atoms with E-state index in [1.165, 1.54) is 18.1 Å². The summed E-state index contributed by atoms with van der Waals surface area (Å²) in [5, 5.41) is 11.7. The van der Waals surface area contributed by atoms with E-state index in [4.69, 9.17) is 9.47 Å². The lowest BCUT2D eigenvalue weighted by atomic mass is 9.53. The smallest absolute Gasteiger partial charge is 0.310 e. The molecule has 5 rings (SSSR count). The van der Waals surface area contributed by atoms with Crippen molar-refractivity contribution in [2.24, 2.45) is 17.3 Å². The molecule has 0 radical (unpaired) electrons. The van der Waals surface area contributed by atoms with Crippen molar-refractivity contribution in [3.63, 3.8) is 0 Å². The lowest BCUT2D eigenvalue weighted by molar-refractivity contribution is -0.162. The van der Waals surface area contributed by atoms with Crippen molar-refractivity contribution in [3.8, 4) is 5.75 Å². The Morgan fingerprint density at radius 2 is 2.14 bits per heavy atom. The third-order valence-corrected chi connectivity index (χ3v) is 8.15. The zero-order valence-electron chi connectivity index (χ0n) is 17.0. The molecule has 5 heteroatoms. The molecule has 1 aromatic rings. The highest BCUT2D eigenvalue weighted by Gasteiger charge is 2.66. The normalized spacial score (nSPS) is 40.0. The number of hydrogen-bond acceptors (Lipinski definition) is 5. The molecule has 0 bridgehead atoms. The second-order valence-corrected chi connectivity index (χ2v) is 9.47. The molecule has 1 aromatic carbocycles. The SMILES string of the molecule is CC(=O)Oc1ccc2c(c1)CC[C@@H]1[C@@H]2CC[C@@]2(C)[C@H]1C[C@@H]1OC(=O)CC=C[C@]12O. The van der Waals surface area contributed by atoms with Gasteiger partial charge in [-0.1, -0.05) is 25.1 Å². The fraction of sp³-hybridized carbons (Fsp3) is 0.583. The van der Waals surface area contributed by atoms with Crippen molar-refractivity contribution in [1.29, 1.82) is 0 Å². The van der Waals surface area contributed by atoms with E-state index in [2.05, 4.69) is 13.0 Å². The Bertz CT molecular complexity index is 905. The van der Waals surface area contributed by atoms with Gasteiger partial charge in [0.25, 0.3) is 0 Å². The molecule has 29 heavy (non-hydrogen) atoms. The zero-order chi connectivity index (χ0) is 20.4. The van der Waals surface area contributed by atoms with Gasteiger partial charge in [-0.2, -0.15) is 0 Å². The molecule has 5 nitrogen and oxygen atoms in total. The van der Waals surface area contributed by atoms with E-state index in [0.29, 0.717) is 23.5 Å². The van der Waals surface area contributed by atoms with Crippen LogP contribution in [0.5, 0.6) is 5.75 Å². The Hall–Kier alpha value is -2.14. The number of rotatable bonds is 1. The lowest BCUT2D eigenvalue weighted by Gasteiger charge is -2.52. The highest BCUT2D eigenvalue weighted by Crippen LogP contribution is 2.65. The zero-order valence-corrected chi connectivity index (χ0v) is 17.0. The first-order valence-electron chi connectivity index (χ1n) is 10.7. The first-order valence-corrected chi connectivity index (χ1v) is 10.7. The third kappa shape index (κ3) is 2.70. The predicted octanol–water partition coefficient (Wildman–Crippen LogP) is 3.68. The number of aliphatic hydroxyl groups is 1. The third-order valence-electron chi connectivity index (χ3n) is 8.15. The van der Waals surface area contributed by atoms with E-state index in [9.17, 15) is 14.7 Å². The number of ether oxygens (including phenoxy) is 2. The Morgan fingerprint density at radius 3 is 2.93 bits per heavy atom. The highest BCUT2D eigenvalue weighted by atomic mass is 16.6. The fourth-order valence-electron chi connectivity index (χ4n) is 6.80. The number of fused-ring (bicyclic) bond motifs is 7. The molecule has 0 aromatic heterocycles. The van der Waals surface area contributed by atoms with Gasteiger partial charge in [-0.25, -0.2) is 0 Å². The molecule has 0 amide bonds. The average molecular weight is 396 g/mol. The van der Waals surface area contributed by atoms with Crippen LogP contribution in [0.25, 0.3) is 0 Å². The standard InChI is InChI=1S/C24H28O5/c1-14(25)28-16-6-8-17-15(12-16)5-7-19-18(17)9-11-23(2)20(19)13-21-24(23,27)10-3-4-22(26)29-21/h3,6,8,10,12,18-21,27H,4-5,7,9,11,13H2,1-2H3/t18-,19-,20+,21+,23+,24+/m1/s1. The molecular weight excluding hydrogens is 368 g/mol. The van der Waals surface area contributed by atoms with E-state index >= 15 is 0 Å². The minimum atomic E-state index is -1.08. The van der Waals surface area contributed by atoms with E-state index in [1.807, 2.05) is 18.2 Å². The molecule has 1 N–H and O–H groups in total. The number of aryl methyl sites for hydroxylation is 1. The first kappa shape index (κ1) is 18.9. The van der Waals surface area contributed by atoms with E-state index in [-0.39, 0.29) is 23.8 Å². The minimum Gasteiger partial charge on any atom is -0.459 e. The maximum absolute atomic E-state index is 12.0. The van der Waals surface area contributed by atoms with Crippen LogP contribution in [0.1, 0.15) is 63.0 Å². The van der Waals surface area contributed by atoms with E-state index < -0.39 is 11.7 Å². The van der Waals surface area contributed by atoms with Crippen LogP contribution in [0.15, 0.2) is 30.4 Å². The van der Waals surface area contributed by atoms with Crippen molar-refractivity contribution in [2.75, 3.05) is 0 Å². The molecule has 0 saturated heterocycles. The van der Waals surface area contributed by atoms with Gasteiger partial charge < -0.3 is 14.6 Å². The van der Waals surface area contributed by atoms with Crippen LogP contribution >= 0.6 is 0 Å². The predicted molar refractivity (Wildman–Crippen MR) is 106 cm³/mol. The van der Waals surface area contributed by atoms with Crippen LogP contribution in [0.2, 0.25) is 0 Å². The van der Waals surface area contributed by atoms with Crippen LogP contribution in [-0.4, -0.2) is 28.8 Å². The molecule has 4 aliphatic rings. The van der Waals surface area contributed by atoms with Crippen molar-refractivity contribution in [1.82, 2.24) is 0 Å². The Labute approximate surface area is 171 Å². The van der Waals surface area contributed by atoms with Gasteiger partial charge in [-0.15, -0.1) is 0 Å². The van der Waals surface area contributed by atoms with Gasteiger partial charge in [0, 0.05) is 12.3 Å². The van der Waals surface area contributed by atoms with Crippen molar-refractivity contribution in [2.45, 2.75) is 70.0 Å². The largest absolute Gasteiger partial charge is 0.459 e. The Kier molecular flexibility index (Phi) is 4.18. The first-order chi connectivity index (χ1) is 13.8. The summed E-state index contributed by atoms with van der Waals surface area (Å²) >= 11 is 0. The Balaban J connectivity index is 1.47. The number of benzene rings is 1. The van der Waals surface area contributed by atoms with Gasteiger partial charge in [0.05, 0.1) is 6.42 Å². The van der Waals surface area contributed by atoms with Gasteiger partial charge in [-0.3, -0.25) is 9.59 Å². The molecule has 3 aliphatic carbocycles. The summed E-state index contributed by atoms with van der Waals surface area (Å²) in [6.07, 6.45) is 8.05. The van der Waals surface area contributed by atoms with Crippen molar-refractivity contribution < 1.29 is 24.2 Å². The van der Waals surface area contributed by atoms with Gasteiger partial charge in [-0.05, 0) is 73.1 Å². The summed E-state index contributed by atoms with van der Waals surface area (Å²) in [6.45, 7) is 3.61. The minimum absolute atomic E-state index is 0.240. The summed E-state index contributed by atoms with van der Waals surface area (Å²) in [5.41, 5.74) is 1.26. The van der Waals surface area contributed by atoms with Gasteiger partial charge in [0.2, 0.25) is 0 Å². The molecule has 6 atom stereocenters. The summed E-state index contributed by atoms with van der Waals surface area (Å²) in [6, 6.07) is 6.03. The van der Waals surface area contributed by atoms with Crippen LogP contribution < -0.4 is 4.74 Å². The quantitative estimate of drug-likeness (QED) is 0.445. The van der Waals surface area contributed by atoms with Crippen molar-refractivity contribution >= 4 is 11.9 Å². The molecule has 0 spiro atoms. The van der Waals surface area contributed by atoms with Crippen LogP contribution in [0, 0.1) is 17.3 Å². The van der Waals surface area contributed by atoms with E-state index in [1.54, 1.807) is 6.08 Å². The maximum atomic E-state index is 12.0. The lowest BCUT2D eigenvalue weighted by Crippen LogP contribution is -2.53. The monoisotopic (exact) mass is 396 g/mol. The fourth-order valence-corrected chi connectivity index (χ4v) is 6.80. The molecule has 2 saturated carbocycles. The summed E-state index contributed by atoms with van der Waals surface area (Å²) in [7, 11) is 0. The average Bonchev–Trinajstić information content (AvgIpc) is 2.78. The van der Waals surface area contributed by atoms with E-state index in [0.717, 1.165) is 32.1 Å². The summed E-state index contributed by atoms with van der Waals surface area (Å²) in [5.74, 6) is 1.29. The molecule has 0 unspecified atom stereocenters. The maximum Gasteiger partial charge on any atom is 0.310 e. The molecule has 2 fully saturated rings. The van der Waals surface area contributed by atoms with Crippen LogP contribution in [0.3, 0.4) is 0 Å². The van der Waals surface area contributed by atoms with Crippen LogP contribution in [-0.2, 0) is 20.7 Å². The molecule has 1 heterocycles. The van der Waals surface area contributed by atoms with Gasteiger partial charge in [0.1, 0.15) is 17.5 Å². The molecule has 1 aliphatic heterocycles. The number of carbonyl (C=O) groups is 2. The number of carbonyl (C=O) groups excluding carboxylic acids is 2. The highest BCUT2D eigenvalue weighted by molar-refractivity contribution is 5.72.